The number of benzene rings is 1. The maximum atomic E-state index is 14.0. The van der Waals surface area contributed by atoms with Gasteiger partial charge in [-0.2, -0.15) is 0 Å². The molecule has 4 heteroatoms. The molecule has 2 atom stereocenters. The van der Waals surface area contributed by atoms with Crippen molar-refractivity contribution in [2.45, 2.75) is 38.3 Å². The third-order valence-electron chi connectivity index (χ3n) is 4.27. The molecule has 1 aromatic rings. The number of hydrogen-bond acceptors (Lipinski definition) is 3. The predicted octanol–water partition coefficient (Wildman–Crippen LogP) is 2.97. The van der Waals surface area contributed by atoms with Crippen LogP contribution in [0.1, 0.15) is 37.8 Å². The Kier molecular flexibility index (Phi) is 5.38. The fourth-order valence-electron chi connectivity index (χ4n) is 2.72. The van der Waals surface area contributed by atoms with Crippen molar-refractivity contribution < 1.29 is 9.13 Å². The summed E-state index contributed by atoms with van der Waals surface area (Å²) in [7, 11) is 4.01. The summed E-state index contributed by atoms with van der Waals surface area (Å²) in [5, 5.41) is 3.10. The lowest BCUT2D eigenvalue weighted by molar-refractivity contribution is 0.228. The van der Waals surface area contributed by atoms with E-state index in [9.17, 15) is 4.39 Å². The second kappa shape index (κ2) is 7.04. The topological polar surface area (TPSA) is 24.5 Å². The van der Waals surface area contributed by atoms with Crippen molar-refractivity contribution in [1.29, 1.82) is 0 Å². The molecule has 1 heterocycles. The Morgan fingerprint density at radius 1 is 1.50 bits per heavy atom. The molecule has 1 aromatic carbocycles. The molecular formula is C16H25FN2O. The number of hydrogen-bond donors (Lipinski definition) is 1. The number of ether oxygens (including phenoxy) is 1. The van der Waals surface area contributed by atoms with Crippen LogP contribution < -0.4 is 10.1 Å². The summed E-state index contributed by atoms with van der Waals surface area (Å²) in [5.74, 6) is 0.0853. The van der Waals surface area contributed by atoms with Gasteiger partial charge in [-0.25, -0.2) is 4.39 Å². The van der Waals surface area contributed by atoms with E-state index in [0.29, 0.717) is 18.4 Å². The van der Waals surface area contributed by atoms with Crippen LogP contribution in [-0.2, 0) is 0 Å². The average Bonchev–Trinajstić information content (AvgIpc) is 2.85. The number of nitrogens with zero attached hydrogens (tertiary/aromatic N) is 1. The number of halogens is 1. The van der Waals surface area contributed by atoms with Crippen LogP contribution in [0.5, 0.6) is 5.75 Å². The van der Waals surface area contributed by atoms with Crippen LogP contribution in [0.3, 0.4) is 0 Å². The molecule has 1 saturated heterocycles. The van der Waals surface area contributed by atoms with Gasteiger partial charge in [0.2, 0.25) is 0 Å². The molecule has 1 aliphatic heterocycles. The maximum absolute atomic E-state index is 14.0. The summed E-state index contributed by atoms with van der Waals surface area (Å²) in [6.07, 6.45) is 3.44. The van der Waals surface area contributed by atoms with Crippen molar-refractivity contribution >= 4 is 0 Å². The molecule has 1 N–H and O–H groups in total. The Bertz CT molecular complexity index is 438. The molecule has 2 unspecified atom stereocenters. The second-order valence-electron chi connectivity index (χ2n) is 5.61. The fraction of sp³-hybridized carbons (Fsp3) is 0.625. The van der Waals surface area contributed by atoms with Crippen LogP contribution >= 0.6 is 0 Å². The highest BCUT2D eigenvalue weighted by Gasteiger charge is 2.20. The van der Waals surface area contributed by atoms with E-state index in [2.05, 4.69) is 17.3 Å². The molecule has 3 nitrogen and oxygen atoms in total. The van der Waals surface area contributed by atoms with Crippen LogP contribution in [0.2, 0.25) is 0 Å². The largest absolute Gasteiger partial charge is 0.490 e. The first-order valence-electron chi connectivity index (χ1n) is 7.41. The first-order chi connectivity index (χ1) is 9.61. The van der Waals surface area contributed by atoms with E-state index in [1.165, 1.54) is 12.8 Å². The lowest BCUT2D eigenvalue weighted by Crippen LogP contribution is -2.26. The number of rotatable bonds is 6. The molecular weight excluding hydrogens is 255 g/mol. The lowest BCUT2D eigenvalue weighted by Gasteiger charge is -2.19. The molecule has 0 radical (unpaired) electrons. The van der Waals surface area contributed by atoms with Crippen molar-refractivity contribution in [1.82, 2.24) is 10.2 Å². The Balaban J connectivity index is 1.86. The van der Waals surface area contributed by atoms with E-state index in [4.69, 9.17) is 4.74 Å². The highest BCUT2D eigenvalue weighted by Crippen LogP contribution is 2.23. The zero-order valence-corrected chi connectivity index (χ0v) is 12.7. The molecule has 0 saturated carbocycles. The molecule has 0 bridgehead atoms. The van der Waals surface area contributed by atoms with Crippen LogP contribution in [0.4, 0.5) is 4.39 Å². The second-order valence-corrected chi connectivity index (χ2v) is 5.61. The van der Waals surface area contributed by atoms with Crippen LogP contribution in [0, 0.1) is 5.82 Å². The summed E-state index contributed by atoms with van der Waals surface area (Å²) in [6.45, 7) is 3.74. The molecule has 0 amide bonds. The van der Waals surface area contributed by atoms with Gasteiger partial charge in [-0.05, 0) is 64.5 Å². The lowest BCUT2D eigenvalue weighted by atomic mass is 10.1. The van der Waals surface area contributed by atoms with E-state index >= 15 is 0 Å². The Morgan fingerprint density at radius 3 is 2.90 bits per heavy atom. The van der Waals surface area contributed by atoms with E-state index < -0.39 is 0 Å². The van der Waals surface area contributed by atoms with Crippen molar-refractivity contribution in [3.8, 4) is 5.75 Å². The van der Waals surface area contributed by atoms with E-state index in [-0.39, 0.29) is 11.9 Å². The van der Waals surface area contributed by atoms with Gasteiger partial charge < -0.3 is 15.0 Å². The Hall–Kier alpha value is -1.13. The molecule has 20 heavy (non-hydrogen) atoms. The van der Waals surface area contributed by atoms with Crippen LogP contribution in [0.15, 0.2) is 18.2 Å². The van der Waals surface area contributed by atoms with Gasteiger partial charge in [0.15, 0.2) is 11.6 Å². The van der Waals surface area contributed by atoms with Gasteiger partial charge in [-0.3, -0.25) is 0 Å². The molecule has 112 valence electrons. The summed E-state index contributed by atoms with van der Waals surface area (Å²) in [5.41, 5.74) is 0.938. The van der Waals surface area contributed by atoms with Gasteiger partial charge in [0.1, 0.15) is 0 Å². The number of nitrogens with one attached hydrogen (secondary N) is 1. The van der Waals surface area contributed by atoms with Crippen molar-refractivity contribution in [3.63, 3.8) is 0 Å². The average molecular weight is 280 g/mol. The molecule has 1 fully saturated rings. The van der Waals surface area contributed by atoms with Crippen molar-refractivity contribution in [2.75, 3.05) is 27.2 Å². The van der Waals surface area contributed by atoms with E-state index in [1.807, 2.05) is 20.0 Å². The predicted molar refractivity (Wildman–Crippen MR) is 79.6 cm³/mol. The molecule has 1 aliphatic rings. The first-order valence-corrected chi connectivity index (χ1v) is 7.41. The minimum Gasteiger partial charge on any atom is -0.490 e. The van der Waals surface area contributed by atoms with Gasteiger partial charge in [-0.1, -0.05) is 6.07 Å². The molecule has 0 spiro atoms. The van der Waals surface area contributed by atoms with Gasteiger partial charge in [0.05, 0.1) is 6.61 Å². The van der Waals surface area contributed by atoms with Gasteiger partial charge in [0, 0.05) is 12.1 Å². The van der Waals surface area contributed by atoms with Crippen molar-refractivity contribution in [3.05, 3.63) is 29.6 Å². The van der Waals surface area contributed by atoms with E-state index in [0.717, 1.165) is 18.5 Å². The van der Waals surface area contributed by atoms with Gasteiger partial charge in [-0.15, -0.1) is 0 Å². The summed E-state index contributed by atoms with van der Waals surface area (Å²) in [4.78, 5) is 2.36. The summed E-state index contributed by atoms with van der Waals surface area (Å²) < 4.78 is 19.6. The summed E-state index contributed by atoms with van der Waals surface area (Å²) in [6, 6.07) is 5.93. The highest BCUT2D eigenvalue weighted by atomic mass is 19.1. The fourth-order valence-corrected chi connectivity index (χ4v) is 2.72. The third kappa shape index (κ3) is 3.70. The number of likely N-dealkylation sites (tertiary alicyclic amines) is 1. The Labute approximate surface area is 121 Å². The third-order valence-corrected chi connectivity index (χ3v) is 4.27. The smallest absolute Gasteiger partial charge is 0.165 e. The van der Waals surface area contributed by atoms with Gasteiger partial charge >= 0.3 is 0 Å². The van der Waals surface area contributed by atoms with Crippen LogP contribution in [-0.4, -0.2) is 38.2 Å². The zero-order chi connectivity index (χ0) is 14.5. The van der Waals surface area contributed by atoms with Crippen molar-refractivity contribution in [2.24, 2.45) is 0 Å². The minimum absolute atomic E-state index is 0.144. The monoisotopic (exact) mass is 280 g/mol. The van der Waals surface area contributed by atoms with Gasteiger partial charge in [0.25, 0.3) is 0 Å². The quantitative estimate of drug-likeness (QED) is 0.867. The van der Waals surface area contributed by atoms with E-state index in [1.54, 1.807) is 12.1 Å². The zero-order valence-electron chi connectivity index (χ0n) is 12.7. The summed E-state index contributed by atoms with van der Waals surface area (Å²) >= 11 is 0. The SMILES string of the molecule is CNC(C)c1ccc(OCCC2CCCN2C)c(F)c1. The highest BCUT2D eigenvalue weighted by molar-refractivity contribution is 5.30. The molecule has 0 aromatic heterocycles. The minimum atomic E-state index is -0.274. The maximum Gasteiger partial charge on any atom is 0.165 e. The normalized spacial score (nSPS) is 21.1. The molecule has 0 aliphatic carbocycles. The molecule has 2 rings (SSSR count). The Morgan fingerprint density at radius 2 is 2.30 bits per heavy atom. The standard InChI is InChI=1S/C16H25FN2O/c1-12(18-2)13-6-7-16(15(17)11-13)20-10-8-14-5-4-9-19(14)3/h6-7,11-12,14,18H,4-5,8-10H2,1-3H3. The first kappa shape index (κ1) is 15.3. The van der Waals surface area contributed by atoms with Crippen LogP contribution in [0.25, 0.3) is 0 Å².